The van der Waals surface area contributed by atoms with Gasteiger partial charge in [0.05, 0.1) is 23.6 Å². The zero-order chi connectivity index (χ0) is 17.6. The standard InChI is InChI=1S/C18H15N5O2/c1-25-15-11(9-19)3-2-4-12(15)18(24)23-17-13(16(20)22-23)7-8-14(21-17)10-5-6-10/h2-4,7-8,10H,5-6H2,1H3,(H2,20,22). The molecule has 25 heavy (non-hydrogen) atoms. The van der Waals surface area contributed by atoms with E-state index in [0.717, 1.165) is 18.5 Å². The SMILES string of the molecule is COc1c(C#N)cccc1C(=O)n1nc(N)c2ccc(C3CC3)nc21. The normalized spacial score (nSPS) is 13.6. The fraction of sp³-hybridized carbons (Fsp3) is 0.222. The molecular formula is C18H15N5O2. The Hall–Kier alpha value is -3.40. The number of nitriles is 1. The summed E-state index contributed by atoms with van der Waals surface area (Å²) >= 11 is 0. The number of nitrogens with zero attached hydrogens (tertiary/aromatic N) is 4. The van der Waals surface area contributed by atoms with Crippen molar-refractivity contribution in [2.45, 2.75) is 18.8 Å². The van der Waals surface area contributed by atoms with Gasteiger partial charge in [0, 0.05) is 11.6 Å². The third-order valence-electron chi connectivity index (χ3n) is 4.34. The van der Waals surface area contributed by atoms with Crippen LogP contribution in [0.4, 0.5) is 5.82 Å². The summed E-state index contributed by atoms with van der Waals surface area (Å²) in [4.78, 5) is 17.6. The van der Waals surface area contributed by atoms with Gasteiger partial charge in [-0.15, -0.1) is 5.10 Å². The van der Waals surface area contributed by atoms with Gasteiger partial charge in [0.2, 0.25) is 0 Å². The van der Waals surface area contributed by atoms with E-state index in [-0.39, 0.29) is 22.7 Å². The highest BCUT2D eigenvalue weighted by molar-refractivity contribution is 6.04. The lowest BCUT2D eigenvalue weighted by Crippen LogP contribution is -2.16. The average molecular weight is 333 g/mol. The molecule has 0 amide bonds. The molecule has 1 aromatic carbocycles. The van der Waals surface area contributed by atoms with Crippen LogP contribution in [0, 0.1) is 11.3 Å². The second-order valence-electron chi connectivity index (χ2n) is 5.98. The minimum Gasteiger partial charge on any atom is -0.495 e. The first-order chi connectivity index (χ1) is 12.1. The third-order valence-corrected chi connectivity index (χ3v) is 4.34. The average Bonchev–Trinajstić information content (AvgIpc) is 3.44. The first-order valence-electron chi connectivity index (χ1n) is 7.91. The summed E-state index contributed by atoms with van der Waals surface area (Å²) in [5, 5.41) is 14.0. The number of hydrogen-bond acceptors (Lipinski definition) is 6. The zero-order valence-corrected chi connectivity index (χ0v) is 13.6. The molecule has 1 aliphatic rings. The smallest absolute Gasteiger partial charge is 0.284 e. The van der Waals surface area contributed by atoms with Crippen molar-refractivity contribution in [1.82, 2.24) is 14.8 Å². The Labute approximate surface area is 143 Å². The van der Waals surface area contributed by atoms with E-state index in [2.05, 4.69) is 10.1 Å². The van der Waals surface area contributed by atoms with Gasteiger partial charge in [-0.05, 0) is 37.1 Å². The van der Waals surface area contributed by atoms with Crippen LogP contribution in [0.2, 0.25) is 0 Å². The monoisotopic (exact) mass is 333 g/mol. The Kier molecular flexibility index (Phi) is 3.39. The number of nitrogens with two attached hydrogens (primary N) is 1. The second kappa shape index (κ2) is 5.60. The molecule has 1 saturated carbocycles. The minimum atomic E-state index is -0.434. The van der Waals surface area contributed by atoms with Crippen molar-refractivity contribution in [1.29, 1.82) is 5.26 Å². The molecule has 4 rings (SSSR count). The number of nitrogen functional groups attached to an aromatic ring is 1. The molecule has 2 aromatic heterocycles. The van der Waals surface area contributed by atoms with Crippen molar-refractivity contribution in [3.63, 3.8) is 0 Å². The van der Waals surface area contributed by atoms with Crippen LogP contribution in [-0.4, -0.2) is 27.8 Å². The molecule has 7 nitrogen and oxygen atoms in total. The van der Waals surface area contributed by atoms with Gasteiger partial charge in [-0.1, -0.05) is 6.07 Å². The Morgan fingerprint density at radius 1 is 1.36 bits per heavy atom. The number of hydrogen-bond donors (Lipinski definition) is 1. The Balaban J connectivity index is 1.89. The predicted molar refractivity (Wildman–Crippen MR) is 91.4 cm³/mol. The Bertz CT molecular complexity index is 1040. The van der Waals surface area contributed by atoms with Crippen molar-refractivity contribution in [3.8, 4) is 11.8 Å². The van der Waals surface area contributed by atoms with Crippen molar-refractivity contribution in [3.05, 3.63) is 47.2 Å². The highest BCUT2D eigenvalue weighted by Crippen LogP contribution is 2.39. The van der Waals surface area contributed by atoms with E-state index in [0.29, 0.717) is 17.0 Å². The largest absolute Gasteiger partial charge is 0.495 e. The van der Waals surface area contributed by atoms with Crippen LogP contribution >= 0.6 is 0 Å². The fourth-order valence-corrected chi connectivity index (χ4v) is 2.91. The molecule has 0 bridgehead atoms. The van der Waals surface area contributed by atoms with Crippen LogP contribution in [0.5, 0.6) is 5.75 Å². The summed E-state index contributed by atoms with van der Waals surface area (Å²) in [6.07, 6.45) is 2.21. The van der Waals surface area contributed by atoms with Crippen LogP contribution in [0.25, 0.3) is 11.0 Å². The van der Waals surface area contributed by atoms with Gasteiger partial charge in [-0.25, -0.2) is 4.98 Å². The number of carbonyl (C=O) groups excluding carboxylic acids is 1. The zero-order valence-electron chi connectivity index (χ0n) is 13.6. The Morgan fingerprint density at radius 3 is 2.84 bits per heavy atom. The van der Waals surface area contributed by atoms with Crippen LogP contribution in [-0.2, 0) is 0 Å². The number of para-hydroxylation sites is 1. The lowest BCUT2D eigenvalue weighted by Gasteiger charge is -2.09. The molecule has 0 unspecified atom stereocenters. The number of anilines is 1. The van der Waals surface area contributed by atoms with E-state index in [1.165, 1.54) is 11.8 Å². The molecule has 0 atom stereocenters. The molecule has 1 fully saturated rings. The number of pyridine rings is 1. The van der Waals surface area contributed by atoms with E-state index in [1.54, 1.807) is 18.2 Å². The molecular weight excluding hydrogens is 318 g/mol. The molecule has 1 aliphatic carbocycles. The Morgan fingerprint density at radius 2 is 2.16 bits per heavy atom. The van der Waals surface area contributed by atoms with Crippen molar-refractivity contribution in [2.75, 3.05) is 12.8 Å². The minimum absolute atomic E-state index is 0.218. The highest BCUT2D eigenvalue weighted by Gasteiger charge is 2.27. The van der Waals surface area contributed by atoms with Gasteiger partial charge in [0.1, 0.15) is 11.8 Å². The lowest BCUT2D eigenvalue weighted by atomic mass is 10.1. The molecule has 124 valence electrons. The number of benzene rings is 1. The maximum Gasteiger partial charge on any atom is 0.284 e. The van der Waals surface area contributed by atoms with Gasteiger partial charge in [0.25, 0.3) is 5.91 Å². The first-order valence-corrected chi connectivity index (χ1v) is 7.91. The van der Waals surface area contributed by atoms with E-state index in [9.17, 15) is 10.1 Å². The molecule has 0 radical (unpaired) electrons. The second-order valence-corrected chi connectivity index (χ2v) is 5.98. The predicted octanol–water partition coefficient (Wildman–Crippen LogP) is 2.46. The van der Waals surface area contributed by atoms with E-state index >= 15 is 0 Å². The summed E-state index contributed by atoms with van der Waals surface area (Å²) in [6, 6.07) is 10.6. The van der Waals surface area contributed by atoms with E-state index in [1.807, 2.05) is 18.2 Å². The molecule has 3 aromatic rings. The van der Waals surface area contributed by atoms with Gasteiger partial charge >= 0.3 is 0 Å². The topological polar surface area (TPSA) is 107 Å². The molecule has 2 heterocycles. The summed E-state index contributed by atoms with van der Waals surface area (Å²) in [7, 11) is 1.42. The summed E-state index contributed by atoms with van der Waals surface area (Å²) < 4.78 is 6.45. The highest BCUT2D eigenvalue weighted by atomic mass is 16.5. The van der Waals surface area contributed by atoms with Crippen LogP contribution in [0.1, 0.15) is 40.4 Å². The number of ether oxygens (including phenoxy) is 1. The van der Waals surface area contributed by atoms with Crippen molar-refractivity contribution < 1.29 is 9.53 Å². The quantitative estimate of drug-likeness (QED) is 0.789. The van der Waals surface area contributed by atoms with Crippen LogP contribution < -0.4 is 10.5 Å². The molecule has 0 spiro atoms. The summed E-state index contributed by atoms with van der Waals surface area (Å²) in [6.45, 7) is 0. The third kappa shape index (κ3) is 2.39. The van der Waals surface area contributed by atoms with Gasteiger partial charge in [0.15, 0.2) is 11.5 Å². The summed E-state index contributed by atoms with van der Waals surface area (Å²) in [5.74, 6) is 0.473. The fourth-order valence-electron chi connectivity index (χ4n) is 2.91. The van der Waals surface area contributed by atoms with Crippen molar-refractivity contribution >= 4 is 22.8 Å². The van der Waals surface area contributed by atoms with Crippen LogP contribution in [0.15, 0.2) is 30.3 Å². The maximum atomic E-state index is 13.0. The van der Waals surface area contributed by atoms with Crippen LogP contribution in [0.3, 0.4) is 0 Å². The molecule has 2 N–H and O–H groups in total. The number of fused-ring (bicyclic) bond motifs is 1. The van der Waals surface area contributed by atoms with Gasteiger partial charge in [-0.2, -0.15) is 9.94 Å². The van der Waals surface area contributed by atoms with E-state index < -0.39 is 5.91 Å². The number of carbonyl (C=O) groups is 1. The van der Waals surface area contributed by atoms with E-state index in [4.69, 9.17) is 10.5 Å². The lowest BCUT2D eigenvalue weighted by molar-refractivity contribution is 0.0947. The number of rotatable bonds is 3. The van der Waals surface area contributed by atoms with Crippen molar-refractivity contribution in [2.24, 2.45) is 0 Å². The number of aromatic nitrogens is 3. The first kappa shape index (κ1) is 15.1. The maximum absolute atomic E-state index is 13.0. The summed E-state index contributed by atoms with van der Waals surface area (Å²) in [5.41, 5.74) is 7.85. The van der Waals surface area contributed by atoms with Gasteiger partial charge in [-0.3, -0.25) is 4.79 Å². The molecule has 7 heteroatoms. The van der Waals surface area contributed by atoms with Gasteiger partial charge < -0.3 is 10.5 Å². The molecule has 0 saturated heterocycles. The number of methoxy groups -OCH3 is 1. The molecule has 0 aliphatic heterocycles.